The minimum absolute atomic E-state index is 0.286. The number of nitriles is 1. The molecule has 2 aromatic rings. The fraction of sp³-hybridized carbons (Fsp3) is 0.412. The lowest BCUT2D eigenvalue weighted by molar-refractivity contribution is 0.264. The van der Waals surface area contributed by atoms with E-state index >= 15 is 0 Å². The summed E-state index contributed by atoms with van der Waals surface area (Å²) in [6.45, 7) is 2.20. The Hall–Kier alpha value is -2.92. The number of aromatic nitrogens is 3. The second-order valence-corrected chi connectivity index (χ2v) is 6.11. The molecule has 1 aliphatic rings. The molecule has 3 N–H and O–H groups in total. The summed E-state index contributed by atoms with van der Waals surface area (Å²) in [5.74, 6) is 1.22. The van der Waals surface area contributed by atoms with Gasteiger partial charge in [-0.1, -0.05) is 0 Å². The van der Waals surface area contributed by atoms with Crippen molar-refractivity contribution in [3.05, 3.63) is 30.4 Å². The maximum atomic E-state index is 8.78. The number of rotatable bonds is 5. The standard InChI is InChI=1S/C17H22N8/c1-19-15-10-22-16(24-17-11-20-13(8-18)9-21-17)7-14(15)23-12-3-5-25(2)6-4-12/h7,9-12,19H,3-6H2,1-2H3,(H2,21,22,23,24). The van der Waals surface area contributed by atoms with Gasteiger partial charge in [-0.2, -0.15) is 5.26 Å². The number of anilines is 4. The van der Waals surface area contributed by atoms with Crippen LogP contribution in [0.5, 0.6) is 0 Å². The molecule has 3 rings (SSSR count). The van der Waals surface area contributed by atoms with E-state index in [-0.39, 0.29) is 5.69 Å². The molecule has 0 bridgehead atoms. The lowest BCUT2D eigenvalue weighted by atomic mass is 10.1. The summed E-state index contributed by atoms with van der Waals surface area (Å²) < 4.78 is 0. The highest BCUT2D eigenvalue weighted by molar-refractivity contribution is 5.72. The monoisotopic (exact) mass is 338 g/mol. The first-order valence-corrected chi connectivity index (χ1v) is 8.30. The third-order valence-electron chi connectivity index (χ3n) is 4.27. The van der Waals surface area contributed by atoms with E-state index < -0.39 is 0 Å². The van der Waals surface area contributed by atoms with Crippen LogP contribution >= 0.6 is 0 Å². The SMILES string of the molecule is CNc1cnc(Nc2cnc(C#N)cn2)cc1NC1CCN(C)CC1. The average Bonchev–Trinajstić information content (AvgIpc) is 2.64. The van der Waals surface area contributed by atoms with Crippen molar-refractivity contribution in [3.8, 4) is 6.07 Å². The third kappa shape index (κ3) is 4.33. The van der Waals surface area contributed by atoms with Gasteiger partial charge >= 0.3 is 0 Å². The van der Waals surface area contributed by atoms with Crippen molar-refractivity contribution >= 4 is 23.0 Å². The molecule has 25 heavy (non-hydrogen) atoms. The highest BCUT2D eigenvalue weighted by Gasteiger charge is 2.17. The summed E-state index contributed by atoms with van der Waals surface area (Å²) in [7, 11) is 4.04. The molecule has 8 nitrogen and oxygen atoms in total. The van der Waals surface area contributed by atoms with Crippen molar-refractivity contribution < 1.29 is 0 Å². The van der Waals surface area contributed by atoms with Gasteiger partial charge in [0, 0.05) is 19.2 Å². The summed E-state index contributed by atoms with van der Waals surface area (Å²) in [4.78, 5) is 14.9. The molecule has 2 aromatic heterocycles. The average molecular weight is 338 g/mol. The van der Waals surface area contributed by atoms with Crippen molar-refractivity contribution in [2.45, 2.75) is 18.9 Å². The van der Waals surface area contributed by atoms with Gasteiger partial charge in [-0.15, -0.1) is 0 Å². The first-order valence-electron chi connectivity index (χ1n) is 8.30. The molecular weight excluding hydrogens is 316 g/mol. The Morgan fingerprint density at radius 3 is 2.48 bits per heavy atom. The lowest BCUT2D eigenvalue weighted by Gasteiger charge is -2.30. The minimum Gasteiger partial charge on any atom is -0.385 e. The van der Waals surface area contributed by atoms with Gasteiger partial charge in [-0.3, -0.25) is 0 Å². The molecule has 1 aliphatic heterocycles. The Labute approximate surface area is 147 Å². The van der Waals surface area contributed by atoms with Gasteiger partial charge in [0.1, 0.15) is 17.7 Å². The Balaban J connectivity index is 1.73. The molecule has 130 valence electrons. The molecule has 1 fully saturated rings. The Morgan fingerprint density at radius 1 is 1.08 bits per heavy atom. The van der Waals surface area contributed by atoms with Crippen LogP contribution in [0.2, 0.25) is 0 Å². The highest BCUT2D eigenvalue weighted by Crippen LogP contribution is 2.27. The normalized spacial score (nSPS) is 15.4. The molecule has 0 aliphatic carbocycles. The number of piperidine rings is 1. The number of pyridine rings is 1. The largest absolute Gasteiger partial charge is 0.385 e. The van der Waals surface area contributed by atoms with E-state index in [0.717, 1.165) is 37.3 Å². The maximum Gasteiger partial charge on any atom is 0.158 e. The summed E-state index contributed by atoms with van der Waals surface area (Å²) in [6.07, 6.45) is 6.98. The molecular formula is C17H22N8. The Morgan fingerprint density at radius 2 is 1.84 bits per heavy atom. The van der Waals surface area contributed by atoms with Crippen LogP contribution in [0.25, 0.3) is 0 Å². The van der Waals surface area contributed by atoms with Gasteiger partial charge in [-0.05, 0) is 33.0 Å². The van der Waals surface area contributed by atoms with E-state index in [1.807, 2.05) is 19.2 Å². The summed E-state index contributed by atoms with van der Waals surface area (Å²) in [6, 6.07) is 4.37. The van der Waals surface area contributed by atoms with Crippen molar-refractivity contribution in [2.75, 3.05) is 43.1 Å². The van der Waals surface area contributed by atoms with E-state index in [2.05, 4.69) is 42.8 Å². The Kier molecular flexibility index (Phi) is 5.26. The van der Waals surface area contributed by atoms with Crippen LogP contribution in [0.15, 0.2) is 24.7 Å². The number of hydrogen-bond acceptors (Lipinski definition) is 8. The zero-order valence-corrected chi connectivity index (χ0v) is 14.5. The minimum atomic E-state index is 0.286. The smallest absolute Gasteiger partial charge is 0.158 e. The first-order chi connectivity index (χ1) is 12.2. The molecule has 0 amide bonds. The first kappa shape index (κ1) is 16.9. The molecule has 0 atom stereocenters. The lowest BCUT2D eigenvalue weighted by Crippen LogP contribution is -2.36. The van der Waals surface area contributed by atoms with Crippen LogP contribution in [0, 0.1) is 11.3 Å². The summed E-state index contributed by atoms with van der Waals surface area (Å²) in [5.41, 5.74) is 2.25. The van der Waals surface area contributed by atoms with Crippen molar-refractivity contribution in [1.82, 2.24) is 19.9 Å². The number of likely N-dealkylation sites (tertiary alicyclic amines) is 1. The van der Waals surface area contributed by atoms with E-state index in [9.17, 15) is 0 Å². The zero-order valence-electron chi connectivity index (χ0n) is 14.5. The molecule has 8 heteroatoms. The fourth-order valence-electron chi connectivity index (χ4n) is 2.80. The third-order valence-corrected chi connectivity index (χ3v) is 4.27. The van der Waals surface area contributed by atoms with Gasteiger partial charge in [0.05, 0.1) is 30.0 Å². The highest BCUT2D eigenvalue weighted by atomic mass is 15.1. The maximum absolute atomic E-state index is 8.78. The van der Waals surface area contributed by atoms with Gasteiger partial charge in [0.15, 0.2) is 5.69 Å². The van der Waals surface area contributed by atoms with Crippen LogP contribution < -0.4 is 16.0 Å². The van der Waals surface area contributed by atoms with Gasteiger partial charge in [-0.25, -0.2) is 15.0 Å². The van der Waals surface area contributed by atoms with E-state index in [1.165, 1.54) is 12.4 Å². The molecule has 1 saturated heterocycles. The predicted molar refractivity (Wildman–Crippen MR) is 98.0 cm³/mol. The zero-order chi connectivity index (χ0) is 17.6. The van der Waals surface area contributed by atoms with E-state index in [0.29, 0.717) is 17.7 Å². The quantitative estimate of drug-likeness (QED) is 0.761. The molecule has 0 radical (unpaired) electrons. The summed E-state index contributed by atoms with van der Waals surface area (Å²) in [5, 5.41) is 18.7. The number of nitrogens with one attached hydrogen (secondary N) is 3. The van der Waals surface area contributed by atoms with Crippen LogP contribution in [-0.2, 0) is 0 Å². The predicted octanol–water partition coefficient (Wildman–Crippen LogP) is 2.03. The van der Waals surface area contributed by atoms with Gasteiger partial charge in [0.25, 0.3) is 0 Å². The van der Waals surface area contributed by atoms with Crippen molar-refractivity contribution in [3.63, 3.8) is 0 Å². The molecule has 0 spiro atoms. The molecule has 0 saturated carbocycles. The number of nitrogens with zero attached hydrogens (tertiary/aromatic N) is 5. The topological polar surface area (TPSA) is 102 Å². The van der Waals surface area contributed by atoms with Crippen LogP contribution in [-0.4, -0.2) is 53.1 Å². The van der Waals surface area contributed by atoms with E-state index in [1.54, 1.807) is 6.20 Å². The van der Waals surface area contributed by atoms with Crippen LogP contribution in [0.1, 0.15) is 18.5 Å². The molecule has 0 unspecified atom stereocenters. The van der Waals surface area contributed by atoms with Gasteiger partial charge in [0.2, 0.25) is 0 Å². The second kappa shape index (κ2) is 7.77. The van der Waals surface area contributed by atoms with E-state index in [4.69, 9.17) is 5.26 Å². The van der Waals surface area contributed by atoms with Crippen molar-refractivity contribution in [2.24, 2.45) is 0 Å². The number of hydrogen-bond donors (Lipinski definition) is 3. The molecule has 3 heterocycles. The molecule has 0 aromatic carbocycles. The Bertz CT molecular complexity index is 744. The summed E-state index contributed by atoms with van der Waals surface area (Å²) >= 11 is 0. The van der Waals surface area contributed by atoms with Gasteiger partial charge < -0.3 is 20.9 Å². The van der Waals surface area contributed by atoms with Crippen LogP contribution in [0.4, 0.5) is 23.0 Å². The second-order valence-electron chi connectivity index (χ2n) is 6.11. The van der Waals surface area contributed by atoms with Crippen LogP contribution in [0.3, 0.4) is 0 Å². The van der Waals surface area contributed by atoms with Crippen molar-refractivity contribution in [1.29, 1.82) is 5.26 Å². The fourth-order valence-corrected chi connectivity index (χ4v) is 2.80.